The Kier molecular flexibility index (Phi) is 5.18. The van der Waals surface area contributed by atoms with Crippen LogP contribution >= 0.6 is 0 Å². The van der Waals surface area contributed by atoms with Gasteiger partial charge in [0.1, 0.15) is 5.82 Å². The number of rotatable bonds is 5. The average Bonchev–Trinajstić information content (AvgIpc) is 3.13. The molecule has 1 aliphatic heterocycles. The minimum Gasteiger partial charge on any atom is -0.341 e. The molecule has 1 aromatic carbocycles. The molecular weight excluding hydrogens is 316 g/mol. The summed E-state index contributed by atoms with van der Waals surface area (Å²) in [6, 6.07) is 7.08. The van der Waals surface area contributed by atoms with Crippen LogP contribution in [0.3, 0.4) is 0 Å². The van der Waals surface area contributed by atoms with Gasteiger partial charge in [-0.15, -0.1) is 0 Å². The summed E-state index contributed by atoms with van der Waals surface area (Å²) in [6.45, 7) is 6.16. The molecule has 1 aliphatic rings. The zero-order valence-corrected chi connectivity index (χ0v) is 15.2. The first-order valence-corrected chi connectivity index (χ1v) is 8.96. The monoisotopic (exact) mass is 342 g/mol. The first-order chi connectivity index (χ1) is 12.0. The molecule has 6 nitrogen and oxygen atoms in total. The summed E-state index contributed by atoms with van der Waals surface area (Å²) in [5, 5.41) is 3.94. The van der Waals surface area contributed by atoms with Crippen LogP contribution in [-0.4, -0.2) is 39.5 Å². The molecule has 134 valence electrons. The quantitative estimate of drug-likeness (QED) is 0.898. The zero-order valence-electron chi connectivity index (χ0n) is 15.2. The van der Waals surface area contributed by atoms with Gasteiger partial charge in [-0.05, 0) is 30.9 Å². The van der Waals surface area contributed by atoms with Gasteiger partial charge in [-0.2, -0.15) is 0 Å². The van der Waals surface area contributed by atoms with Gasteiger partial charge in [0.05, 0.1) is 23.5 Å². The summed E-state index contributed by atoms with van der Waals surface area (Å²) in [7, 11) is 1.73. The number of carbonyl (C=O) groups is 1. The highest BCUT2D eigenvalue weighted by Gasteiger charge is 2.28. The number of likely N-dealkylation sites (tertiary alicyclic amines) is 1. The predicted octanol–water partition coefficient (Wildman–Crippen LogP) is 1.67. The van der Waals surface area contributed by atoms with Crippen molar-refractivity contribution in [2.45, 2.75) is 39.3 Å². The Labute approximate surface area is 147 Å². The molecule has 1 N–H and O–H groups in total. The Hall–Kier alpha value is -2.21. The van der Waals surface area contributed by atoms with Gasteiger partial charge in [0.15, 0.2) is 0 Å². The van der Waals surface area contributed by atoms with Crippen LogP contribution in [0.15, 0.2) is 29.1 Å². The normalized spacial score (nSPS) is 15.9. The molecular formula is C19H26N4O2. The van der Waals surface area contributed by atoms with Gasteiger partial charge < -0.3 is 4.90 Å². The lowest BCUT2D eigenvalue weighted by Gasteiger charge is -2.27. The van der Waals surface area contributed by atoms with Crippen LogP contribution in [0.25, 0.3) is 10.9 Å². The second kappa shape index (κ2) is 7.35. The Morgan fingerprint density at radius 3 is 2.60 bits per heavy atom. The summed E-state index contributed by atoms with van der Waals surface area (Å²) in [4.78, 5) is 31.8. The van der Waals surface area contributed by atoms with Crippen LogP contribution in [0.1, 0.15) is 32.5 Å². The van der Waals surface area contributed by atoms with E-state index in [4.69, 9.17) is 0 Å². The van der Waals surface area contributed by atoms with E-state index in [0.717, 1.165) is 25.9 Å². The third-order valence-electron chi connectivity index (χ3n) is 4.91. The molecule has 3 rings (SSSR count). The van der Waals surface area contributed by atoms with Crippen LogP contribution in [0.4, 0.5) is 0 Å². The molecule has 0 bridgehead atoms. The van der Waals surface area contributed by atoms with Crippen LogP contribution in [0.5, 0.6) is 0 Å². The fraction of sp³-hybridized carbons (Fsp3) is 0.526. The molecule has 1 fully saturated rings. The first kappa shape index (κ1) is 17.6. The van der Waals surface area contributed by atoms with E-state index >= 15 is 0 Å². The molecule has 25 heavy (non-hydrogen) atoms. The number of aromatic nitrogens is 2. The molecule has 0 spiro atoms. The second-order valence-electron chi connectivity index (χ2n) is 7.04. The number of hydrogen-bond donors (Lipinski definition) is 1. The van der Waals surface area contributed by atoms with E-state index in [1.165, 1.54) is 0 Å². The smallest absolute Gasteiger partial charge is 0.261 e. The van der Waals surface area contributed by atoms with E-state index in [9.17, 15) is 9.59 Å². The van der Waals surface area contributed by atoms with Crippen molar-refractivity contribution in [3.8, 4) is 0 Å². The van der Waals surface area contributed by atoms with E-state index in [2.05, 4.69) is 10.3 Å². The van der Waals surface area contributed by atoms with E-state index in [1.807, 2.05) is 36.9 Å². The molecule has 6 heteroatoms. The van der Waals surface area contributed by atoms with Crippen molar-refractivity contribution in [3.63, 3.8) is 0 Å². The van der Waals surface area contributed by atoms with Crippen LogP contribution in [0, 0.1) is 5.92 Å². The summed E-state index contributed by atoms with van der Waals surface area (Å²) in [5.74, 6) is 0.965. The molecule has 2 aromatic rings. The molecule has 0 radical (unpaired) electrons. The van der Waals surface area contributed by atoms with Gasteiger partial charge >= 0.3 is 0 Å². The number of para-hydroxylation sites is 1. The lowest BCUT2D eigenvalue weighted by atomic mass is 10.0. The minimum absolute atomic E-state index is 0.0608. The molecule has 1 amide bonds. The number of nitrogens with one attached hydrogen (secondary N) is 1. The molecule has 0 saturated carbocycles. The van der Waals surface area contributed by atoms with Gasteiger partial charge in [-0.3, -0.25) is 19.5 Å². The summed E-state index contributed by atoms with van der Waals surface area (Å²) < 4.78 is 1.56. The highest BCUT2D eigenvalue weighted by Crippen LogP contribution is 2.14. The maximum atomic E-state index is 12.7. The minimum atomic E-state index is -0.263. The van der Waals surface area contributed by atoms with Crippen molar-refractivity contribution in [2.24, 2.45) is 13.0 Å². The van der Waals surface area contributed by atoms with Gasteiger partial charge in [-0.25, -0.2) is 4.98 Å². The Morgan fingerprint density at radius 2 is 1.92 bits per heavy atom. The van der Waals surface area contributed by atoms with E-state index < -0.39 is 0 Å². The van der Waals surface area contributed by atoms with E-state index in [-0.39, 0.29) is 23.4 Å². The Bertz CT molecular complexity index is 822. The Balaban J connectivity index is 1.81. The third kappa shape index (κ3) is 3.58. The van der Waals surface area contributed by atoms with Crippen LogP contribution in [0.2, 0.25) is 0 Å². The molecule has 1 atom stereocenters. The second-order valence-corrected chi connectivity index (χ2v) is 7.04. The standard InChI is InChI=1S/C19H26N4O2/c1-13(2)17(19(25)23-10-6-7-11-23)20-12-16-21-15-9-5-4-8-14(15)18(24)22(16)3/h4-5,8-9,13,17,20H,6-7,10-12H2,1-3H3/t17-/m0/s1. The lowest BCUT2D eigenvalue weighted by molar-refractivity contribution is -0.133. The van der Waals surface area contributed by atoms with Crippen molar-refractivity contribution in [1.29, 1.82) is 0 Å². The summed E-state index contributed by atoms with van der Waals surface area (Å²) in [5.41, 5.74) is 0.628. The molecule has 2 heterocycles. The summed E-state index contributed by atoms with van der Waals surface area (Å²) >= 11 is 0. The fourth-order valence-electron chi connectivity index (χ4n) is 3.37. The highest BCUT2D eigenvalue weighted by molar-refractivity contribution is 5.82. The molecule has 0 aliphatic carbocycles. The lowest BCUT2D eigenvalue weighted by Crippen LogP contribution is -2.48. The molecule has 0 unspecified atom stereocenters. The van der Waals surface area contributed by atoms with Crippen LogP contribution < -0.4 is 10.9 Å². The molecule has 1 saturated heterocycles. The van der Waals surface area contributed by atoms with Crippen molar-refractivity contribution < 1.29 is 4.79 Å². The average molecular weight is 342 g/mol. The van der Waals surface area contributed by atoms with E-state index in [0.29, 0.717) is 23.3 Å². The number of carbonyl (C=O) groups excluding carboxylic acids is 1. The van der Waals surface area contributed by atoms with Crippen LogP contribution in [-0.2, 0) is 18.4 Å². The number of amides is 1. The maximum absolute atomic E-state index is 12.7. The number of benzene rings is 1. The fourth-order valence-corrected chi connectivity index (χ4v) is 3.37. The number of nitrogens with zero attached hydrogens (tertiary/aromatic N) is 3. The van der Waals surface area contributed by atoms with E-state index in [1.54, 1.807) is 17.7 Å². The molecule has 1 aromatic heterocycles. The van der Waals surface area contributed by atoms with Gasteiger partial charge in [0, 0.05) is 20.1 Å². The highest BCUT2D eigenvalue weighted by atomic mass is 16.2. The number of fused-ring (bicyclic) bond motifs is 1. The van der Waals surface area contributed by atoms with Crippen molar-refractivity contribution in [1.82, 2.24) is 19.8 Å². The van der Waals surface area contributed by atoms with Gasteiger partial charge in [0.25, 0.3) is 5.56 Å². The number of hydrogen-bond acceptors (Lipinski definition) is 4. The SMILES string of the molecule is CC(C)[C@H](NCc1nc2ccccc2c(=O)n1C)C(=O)N1CCCC1. The maximum Gasteiger partial charge on any atom is 0.261 e. The van der Waals surface area contributed by atoms with Gasteiger partial charge in [0.2, 0.25) is 5.91 Å². The largest absolute Gasteiger partial charge is 0.341 e. The topological polar surface area (TPSA) is 67.2 Å². The summed E-state index contributed by atoms with van der Waals surface area (Å²) in [6.07, 6.45) is 2.16. The van der Waals surface area contributed by atoms with Crippen molar-refractivity contribution in [2.75, 3.05) is 13.1 Å². The third-order valence-corrected chi connectivity index (χ3v) is 4.91. The predicted molar refractivity (Wildman–Crippen MR) is 98.3 cm³/mol. The van der Waals surface area contributed by atoms with Gasteiger partial charge in [-0.1, -0.05) is 26.0 Å². The first-order valence-electron chi connectivity index (χ1n) is 8.96. The Morgan fingerprint density at radius 1 is 1.24 bits per heavy atom. The van der Waals surface area contributed by atoms with Crippen molar-refractivity contribution in [3.05, 3.63) is 40.4 Å². The van der Waals surface area contributed by atoms with Crippen molar-refractivity contribution >= 4 is 16.8 Å². The zero-order chi connectivity index (χ0) is 18.0.